The molecular formula is C9H19NO2. The van der Waals surface area contributed by atoms with Crippen LogP contribution in [0.3, 0.4) is 0 Å². The molecule has 1 saturated carbocycles. The Hall–Kier alpha value is -0.120. The summed E-state index contributed by atoms with van der Waals surface area (Å²) in [4.78, 5) is 0. The summed E-state index contributed by atoms with van der Waals surface area (Å²) in [6.07, 6.45) is 1.47. The summed E-state index contributed by atoms with van der Waals surface area (Å²) in [5.74, 6) is 0.612. The summed E-state index contributed by atoms with van der Waals surface area (Å²) < 4.78 is 0. The lowest BCUT2D eigenvalue weighted by atomic mass is 9.82. The van der Waals surface area contributed by atoms with E-state index in [4.69, 9.17) is 10.2 Å². The van der Waals surface area contributed by atoms with Gasteiger partial charge in [0.1, 0.15) is 0 Å². The average molecular weight is 173 g/mol. The van der Waals surface area contributed by atoms with E-state index in [2.05, 4.69) is 5.32 Å². The molecule has 0 aromatic carbocycles. The second-order valence-corrected chi connectivity index (χ2v) is 3.93. The van der Waals surface area contributed by atoms with E-state index < -0.39 is 0 Å². The van der Waals surface area contributed by atoms with Gasteiger partial charge in [0.25, 0.3) is 0 Å². The minimum atomic E-state index is -0.296. The van der Waals surface area contributed by atoms with Crippen LogP contribution < -0.4 is 5.32 Å². The summed E-state index contributed by atoms with van der Waals surface area (Å²) in [7, 11) is 0. The molecule has 2 atom stereocenters. The number of aliphatic hydroxyl groups excluding tert-OH is 2. The van der Waals surface area contributed by atoms with Gasteiger partial charge in [0.05, 0.1) is 12.2 Å². The number of rotatable bonds is 4. The normalized spacial score (nSPS) is 34.0. The molecule has 0 aromatic heterocycles. The molecule has 0 amide bonds. The third-order valence-electron chi connectivity index (χ3n) is 2.66. The molecule has 0 aliphatic heterocycles. The van der Waals surface area contributed by atoms with Gasteiger partial charge in [0.2, 0.25) is 0 Å². The van der Waals surface area contributed by atoms with Gasteiger partial charge in [0.15, 0.2) is 0 Å². The van der Waals surface area contributed by atoms with Crippen molar-refractivity contribution in [3.8, 4) is 0 Å². The summed E-state index contributed by atoms with van der Waals surface area (Å²) in [6.45, 7) is 4.68. The first-order valence-corrected chi connectivity index (χ1v) is 4.69. The third kappa shape index (κ3) is 2.73. The fourth-order valence-electron chi connectivity index (χ4n) is 1.39. The van der Waals surface area contributed by atoms with Crippen molar-refractivity contribution in [2.75, 3.05) is 6.54 Å². The van der Waals surface area contributed by atoms with Crippen LogP contribution in [0.4, 0.5) is 0 Å². The molecule has 3 N–H and O–H groups in total. The van der Waals surface area contributed by atoms with Crippen LogP contribution in [0, 0.1) is 5.92 Å². The van der Waals surface area contributed by atoms with Gasteiger partial charge >= 0.3 is 0 Å². The van der Waals surface area contributed by atoms with Crippen molar-refractivity contribution < 1.29 is 10.2 Å². The molecule has 12 heavy (non-hydrogen) atoms. The number of hydrogen-bond acceptors (Lipinski definition) is 3. The first-order chi connectivity index (χ1) is 5.59. The van der Waals surface area contributed by atoms with Gasteiger partial charge in [-0.15, -0.1) is 0 Å². The molecule has 0 heterocycles. The Morgan fingerprint density at radius 3 is 2.42 bits per heavy atom. The number of hydrogen-bond donors (Lipinski definition) is 3. The van der Waals surface area contributed by atoms with E-state index in [1.807, 2.05) is 6.92 Å². The monoisotopic (exact) mass is 173 g/mol. The summed E-state index contributed by atoms with van der Waals surface area (Å²) in [5.41, 5.74) is 0. The fourth-order valence-corrected chi connectivity index (χ4v) is 1.39. The molecule has 1 rings (SSSR count). The van der Waals surface area contributed by atoms with Crippen LogP contribution in [0.15, 0.2) is 0 Å². The summed E-state index contributed by atoms with van der Waals surface area (Å²) in [6, 6.07) is 0.155. The van der Waals surface area contributed by atoms with Crippen LogP contribution in [0.25, 0.3) is 0 Å². The average Bonchev–Trinajstić information content (AvgIpc) is 1.95. The lowest BCUT2D eigenvalue weighted by Crippen LogP contribution is -2.42. The van der Waals surface area contributed by atoms with E-state index in [1.165, 1.54) is 0 Å². The molecule has 1 fully saturated rings. The van der Waals surface area contributed by atoms with Gasteiger partial charge in [-0.05, 0) is 39.2 Å². The van der Waals surface area contributed by atoms with Crippen molar-refractivity contribution in [1.29, 1.82) is 0 Å². The van der Waals surface area contributed by atoms with Gasteiger partial charge < -0.3 is 15.5 Å². The highest BCUT2D eigenvalue weighted by atomic mass is 16.3. The van der Waals surface area contributed by atoms with Crippen molar-refractivity contribution in [3.05, 3.63) is 0 Å². The van der Waals surface area contributed by atoms with Crippen LogP contribution in [-0.2, 0) is 0 Å². The Morgan fingerprint density at radius 1 is 1.42 bits per heavy atom. The van der Waals surface area contributed by atoms with Crippen LogP contribution in [-0.4, -0.2) is 35.0 Å². The Kier molecular flexibility index (Phi) is 3.50. The van der Waals surface area contributed by atoms with Crippen molar-refractivity contribution >= 4 is 0 Å². The molecule has 3 heteroatoms. The Morgan fingerprint density at radius 2 is 2.00 bits per heavy atom. The minimum absolute atomic E-state index is 0.0707. The smallest absolute Gasteiger partial charge is 0.0662 e. The van der Waals surface area contributed by atoms with Crippen molar-refractivity contribution in [1.82, 2.24) is 5.32 Å². The maximum Gasteiger partial charge on any atom is 0.0662 e. The van der Waals surface area contributed by atoms with Crippen LogP contribution in [0.1, 0.15) is 26.7 Å². The van der Waals surface area contributed by atoms with Gasteiger partial charge in [-0.2, -0.15) is 0 Å². The lowest BCUT2D eigenvalue weighted by Gasteiger charge is -2.32. The van der Waals surface area contributed by atoms with Gasteiger partial charge in [-0.1, -0.05) is 0 Å². The predicted octanol–water partition coefficient (Wildman–Crippen LogP) is 0.116. The maximum atomic E-state index is 9.16. The minimum Gasteiger partial charge on any atom is -0.393 e. The van der Waals surface area contributed by atoms with Crippen LogP contribution >= 0.6 is 0 Å². The predicted molar refractivity (Wildman–Crippen MR) is 47.9 cm³/mol. The largest absolute Gasteiger partial charge is 0.393 e. The quantitative estimate of drug-likeness (QED) is 0.566. The van der Waals surface area contributed by atoms with E-state index in [9.17, 15) is 0 Å². The zero-order chi connectivity index (χ0) is 9.14. The third-order valence-corrected chi connectivity index (χ3v) is 2.66. The van der Waals surface area contributed by atoms with Crippen molar-refractivity contribution in [3.63, 3.8) is 0 Å². The Labute approximate surface area is 73.8 Å². The highest BCUT2D eigenvalue weighted by molar-refractivity contribution is 4.81. The van der Waals surface area contributed by atoms with Gasteiger partial charge in [-0.25, -0.2) is 0 Å². The van der Waals surface area contributed by atoms with E-state index in [0.717, 1.165) is 19.4 Å². The van der Waals surface area contributed by atoms with Crippen molar-refractivity contribution in [2.45, 2.75) is 44.9 Å². The second kappa shape index (κ2) is 4.21. The fraction of sp³-hybridized carbons (Fsp3) is 1.00. The molecular weight excluding hydrogens is 154 g/mol. The SMILES string of the molecule is CC(O)C(C)NCC1CC(O)C1. The van der Waals surface area contributed by atoms with E-state index in [-0.39, 0.29) is 18.2 Å². The summed E-state index contributed by atoms with van der Waals surface area (Å²) >= 11 is 0. The second-order valence-electron chi connectivity index (χ2n) is 3.93. The highest BCUT2D eigenvalue weighted by Crippen LogP contribution is 2.26. The topological polar surface area (TPSA) is 52.5 Å². The molecule has 0 spiro atoms. The number of aliphatic hydroxyl groups is 2. The molecule has 1 aliphatic carbocycles. The standard InChI is InChI=1S/C9H19NO2/c1-6(7(2)11)10-5-8-3-9(12)4-8/h6-12H,3-5H2,1-2H3. The summed E-state index contributed by atoms with van der Waals surface area (Å²) in [5, 5.41) is 21.4. The molecule has 2 unspecified atom stereocenters. The molecule has 0 bridgehead atoms. The Balaban J connectivity index is 2.02. The highest BCUT2D eigenvalue weighted by Gasteiger charge is 2.27. The van der Waals surface area contributed by atoms with Crippen LogP contribution in [0.5, 0.6) is 0 Å². The molecule has 72 valence electrons. The van der Waals surface area contributed by atoms with E-state index in [1.54, 1.807) is 6.92 Å². The molecule has 0 radical (unpaired) electrons. The first kappa shape index (κ1) is 9.96. The maximum absolute atomic E-state index is 9.16. The van der Waals surface area contributed by atoms with Gasteiger partial charge in [0, 0.05) is 6.04 Å². The molecule has 3 nitrogen and oxygen atoms in total. The van der Waals surface area contributed by atoms with Crippen LogP contribution in [0.2, 0.25) is 0 Å². The zero-order valence-corrected chi connectivity index (χ0v) is 7.83. The number of nitrogens with one attached hydrogen (secondary N) is 1. The molecule has 0 saturated heterocycles. The molecule has 1 aliphatic rings. The van der Waals surface area contributed by atoms with E-state index in [0.29, 0.717) is 5.92 Å². The lowest BCUT2D eigenvalue weighted by molar-refractivity contribution is 0.0391. The van der Waals surface area contributed by atoms with Gasteiger partial charge in [-0.3, -0.25) is 0 Å². The van der Waals surface area contributed by atoms with Crippen molar-refractivity contribution in [2.24, 2.45) is 5.92 Å². The Bertz CT molecular complexity index is 132. The molecule has 0 aromatic rings. The first-order valence-electron chi connectivity index (χ1n) is 4.69. The zero-order valence-electron chi connectivity index (χ0n) is 7.83. The van der Waals surface area contributed by atoms with E-state index >= 15 is 0 Å².